The van der Waals surface area contributed by atoms with Crippen LogP contribution in [0.2, 0.25) is 0 Å². The fraction of sp³-hybridized carbons (Fsp3) is 0.364. The van der Waals surface area contributed by atoms with E-state index in [-0.39, 0.29) is 6.04 Å². The summed E-state index contributed by atoms with van der Waals surface area (Å²) >= 11 is 0. The number of hydrogen-bond acceptors (Lipinski definition) is 3. The molecule has 0 fully saturated rings. The average molecular weight is 338 g/mol. The van der Waals surface area contributed by atoms with Crippen molar-refractivity contribution in [1.82, 2.24) is 5.01 Å². The van der Waals surface area contributed by atoms with Gasteiger partial charge in [-0.2, -0.15) is 0 Å². The van der Waals surface area contributed by atoms with Gasteiger partial charge in [0.2, 0.25) is 0 Å². The normalized spacial score (nSPS) is 23.9. The van der Waals surface area contributed by atoms with Crippen molar-refractivity contribution in [3.8, 4) is 0 Å². The number of rotatable bonds is 5. The van der Waals surface area contributed by atoms with E-state index in [1.807, 2.05) is 18.2 Å². The van der Waals surface area contributed by atoms with Crippen molar-refractivity contribution in [3.05, 3.63) is 77.5 Å². The van der Waals surface area contributed by atoms with Crippen LogP contribution in [0, 0.1) is 5.92 Å². The Morgan fingerprint density at radius 1 is 1.12 bits per heavy atom. The Kier molecular flexibility index (Phi) is 5.91. The van der Waals surface area contributed by atoms with Crippen molar-refractivity contribution in [2.24, 2.45) is 17.5 Å². The molecule has 0 radical (unpaired) electrons. The van der Waals surface area contributed by atoms with Gasteiger partial charge >= 0.3 is 0 Å². The maximum absolute atomic E-state index is 6.69. The zero-order chi connectivity index (χ0) is 18.7. The molecule has 1 aliphatic carbocycles. The van der Waals surface area contributed by atoms with Crippen LogP contribution >= 0.6 is 0 Å². The van der Waals surface area contributed by atoms with E-state index in [4.69, 9.17) is 11.6 Å². The minimum atomic E-state index is 0.113. The van der Waals surface area contributed by atoms with Crippen LogP contribution in [-0.2, 0) is 0 Å². The second-order valence-corrected chi connectivity index (χ2v) is 7.25. The van der Waals surface area contributed by atoms with Crippen LogP contribution in [0.15, 0.2) is 66.4 Å². The highest BCUT2D eigenvalue weighted by Gasteiger charge is 2.28. The molecular formula is C22H31N3. The van der Waals surface area contributed by atoms with Crippen LogP contribution in [0.1, 0.15) is 51.2 Å². The first-order valence-corrected chi connectivity index (χ1v) is 8.94. The summed E-state index contributed by atoms with van der Waals surface area (Å²) in [5.74, 6) is 7.26. The minimum absolute atomic E-state index is 0.113. The molecule has 0 spiro atoms. The second-order valence-electron chi connectivity index (χ2n) is 7.25. The lowest BCUT2D eigenvalue weighted by atomic mass is 9.77. The van der Waals surface area contributed by atoms with Crippen LogP contribution in [0.5, 0.6) is 0 Å². The van der Waals surface area contributed by atoms with Gasteiger partial charge in [0.1, 0.15) is 0 Å². The lowest BCUT2D eigenvalue weighted by molar-refractivity contribution is 0.300. The molecule has 0 heterocycles. The van der Waals surface area contributed by atoms with Gasteiger partial charge < -0.3 is 10.7 Å². The summed E-state index contributed by atoms with van der Waals surface area (Å²) in [5.41, 5.74) is 12.7. The largest absolute Gasteiger partial charge is 0.396 e. The number of fused-ring (bicyclic) bond motifs is 1. The smallest absolute Gasteiger partial charge is 0.0830 e. The molecule has 4 N–H and O–H groups in total. The van der Waals surface area contributed by atoms with Crippen molar-refractivity contribution in [1.29, 1.82) is 0 Å². The third-order valence-electron chi connectivity index (χ3n) is 5.02. The van der Waals surface area contributed by atoms with Crippen molar-refractivity contribution < 1.29 is 0 Å². The summed E-state index contributed by atoms with van der Waals surface area (Å²) in [6.45, 7) is 16.7. The number of hydrazine groups is 1. The highest BCUT2D eigenvalue weighted by Crippen LogP contribution is 2.41. The highest BCUT2D eigenvalue weighted by atomic mass is 15.4. The molecule has 1 aromatic carbocycles. The predicted octanol–water partition coefficient (Wildman–Crippen LogP) is 4.71. The summed E-state index contributed by atoms with van der Waals surface area (Å²) < 4.78 is 0. The molecule has 0 aromatic heterocycles. The molecule has 0 aliphatic heterocycles. The summed E-state index contributed by atoms with van der Waals surface area (Å²) in [4.78, 5) is 0. The lowest BCUT2D eigenvalue weighted by Crippen LogP contribution is -2.39. The van der Waals surface area contributed by atoms with Gasteiger partial charge in [-0.25, -0.2) is 5.84 Å². The molecule has 2 rings (SSSR count). The van der Waals surface area contributed by atoms with Crippen LogP contribution < -0.4 is 11.6 Å². The predicted molar refractivity (Wildman–Crippen MR) is 108 cm³/mol. The van der Waals surface area contributed by atoms with Crippen LogP contribution in [0.3, 0.4) is 0 Å². The Bertz CT molecular complexity index is 723. The van der Waals surface area contributed by atoms with Crippen molar-refractivity contribution >= 4 is 5.70 Å². The second kappa shape index (κ2) is 7.75. The van der Waals surface area contributed by atoms with Gasteiger partial charge in [-0.3, -0.25) is 0 Å². The van der Waals surface area contributed by atoms with E-state index in [9.17, 15) is 0 Å². The Balaban J connectivity index is 2.88. The molecule has 25 heavy (non-hydrogen) atoms. The standard InChI is InChI=1S/C22H31N3/c1-7-16-13-20(14(3)4)18-11-9-10-12-19(18)21(23)22(17(16)8-2)25(24)15(5)6/h7-12,14-15,20H,1-2,13,23-24H2,3-6H3/b17-16-,22-21-. The summed E-state index contributed by atoms with van der Waals surface area (Å²) in [5, 5.41) is 1.74. The number of nitrogens with zero attached hydrogens (tertiary/aromatic N) is 1. The number of benzene rings is 1. The van der Waals surface area contributed by atoms with Crippen LogP contribution in [0.25, 0.3) is 5.70 Å². The zero-order valence-corrected chi connectivity index (χ0v) is 15.9. The van der Waals surface area contributed by atoms with Crippen molar-refractivity contribution in [2.75, 3.05) is 0 Å². The third-order valence-corrected chi connectivity index (χ3v) is 5.02. The first-order valence-electron chi connectivity index (χ1n) is 8.94. The van der Waals surface area contributed by atoms with Crippen LogP contribution in [-0.4, -0.2) is 11.1 Å². The monoisotopic (exact) mass is 337 g/mol. The van der Waals surface area contributed by atoms with E-state index in [0.29, 0.717) is 17.5 Å². The van der Waals surface area contributed by atoms with E-state index in [2.05, 4.69) is 59.1 Å². The fourth-order valence-electron chi connectivity index (χ4n) is 3.50. The molecule has 0 saturated carbocycles. The number of hydrogen-bond donors (Lipinski definition) is 2. The summed E-state index contributed by atoms with van der Waals surface area (Å²) in [7, 11) is 0. The SMILES string of the molecule is C=C/C1=C(C=C)/C(N(N)C(C)C)=C(/N)c2ccccc2C(C(C)C)C1. The molecule has 134 valence electrons. The minimum Gasteiger partial charge on any atom is -0.396 e. The molecule has 0 bridgehead atoms. The number of allylic oxidation sites excluding steroid dienone is 3. The highest BCUT2D eigenvalue weighted by molar-refractivity contribution is 5.75. The summed E-state index contributed by atoms with van der Waals surface area (Å²) in [6.07, 6.45) is 4.66. The van der Waals surface area contributed by atoms with E-state index < -0.39 is 0 Å². The van der Waals surface area contributed by atoms with Crippen molar-refractivity contribution in [3.63, 3.8) is 0 Å². The van der Waals surface area contributed by atoms with Gasteiger partial charge in [-0.15, -0.1) is 0 Å². The Morgan fingerprint density at radius 3 is 2.28 bits per heavy atom. The molecule has 1 aliphatic rings. The molecule has 0 amide bonds. The van der Waals surface area contributed by atoms with Gasteiger partial charge in [-0.1, -0.05) is 63.4 Å². The van der Waals surface area contributed by atoms with Gasteiger partial charge in [0.15, 0.2) is 0 Å². The quantitative estimate of drug-likeness (QED) is 0.604. The van der Waals surface area contributed by atoms with E-state index in [0.717, 1.165) is 28.8 Å². The van der Waals surface area contributed by atoms with Gasteiger partial charge in [0.05, 0.1) is 11.4 Å². The lowest BCUT2D eigenvalue weighted by Gasteiger charge is -2.34. The first-order chi connectivity index (χ1) is 11.8. The van der Waals surface area contributed by atoms with Crippen molar-refractivity contribution in [2.45, 2.75) is 46.1 Å². The summed E-state index contributed by atoms with van der Waals surface area (Å²) in [6, 6.07) is 8.50. The van der Waals surface area contributed by atoms with Gasteiger partial charge in [0.25, 0.3) is 0 Å². The Labute approximate surface area is 152 Å². The maximum Gasteiger partial charge on any atom is 0.0830 e. The molecule has 1 unspecified atom stereocenters. The molecule has 3 nitrogen and oxygen atoms in total. The molecule has 0 saturated heterocycles. The van der Waals surface area contributed by atoms with E-state index in [1.165, 1.54) is 5.56 Å². The maximum atomic E-state index is 6.69. The molecule has 1 atom stereocenters. The van der Waals surface area contributed by atoms with E-state index >= 15 is 0 Å². The van der Waals surface area contributed by atoms with Gasteiger partial charge in [0, 0.05) is 17.2 Å². The molecule has 1 aromatic rings. The molecule has 3 heteroatoms. The Morgan fingerprint density at radius 2 is 1.76 bits per heavy atom. The van der Waals surface area contributed by atoms with Crippen LogP contribution in [0.4, 0.5) is 0 Å². The van der Waals surface area contributed by atoms with E-state index in [1.54, 1.807) is 5.01 Å². The average Bonchev–Trinajstić information content (AvgIpc) is 2.58. The first kappa shape index (κ1) is 19.1. The topological polar surface area (TPSA) is 55.3 Å². The fourth-order valence-corrected chi connectivity index (χ4v) is 3.50. The Hall–Kier alpha value is -2.26. The third kappa shape index (κ3) is 3.57. The molecular weight excluding hydrogens is 306 g/mol. The zero-order valence-electron chi connectivity index (χ0n) is 15.9. The van der Waals surface area contributed by atoms with Gasteiger partial charge in [-0.05, 0) is 43.2 Å². The number of nitrogens with two attached hydrogens (primary N) is 2.